The highest BCUT2D eigenvalue weighted by atomic mass is 32.2. The second-order valence-corrected chi connectivity index (χ2v) is 7.65. The van der Waals surface area contributed by atoms with E-state index in [4.69, 9.17) is 4.74 Å². The van der Waals surface area contributed by atoms with Crippen LogP contribution >= 0.6 is 0 Å². The van der Waals surface area contributed by atoms with Crippen molar-refractivity contribution >= 4 is 21.8 Å². The molecule has 0 aliphatic carbocycles. The number of hydrogen-bond acceptors (Lipinski definition) is 5. The maximum atomic E-state index is 13.1. The van der Waals surface area contributed by atoms with Crippen molar-refractivity contribution in [2.24, 2.45) is 4.99 Å². The van der Waals surface area contributed by atoms with Gasteiger partial charge in [-0.2, -0.15) is 0 Å². The Bertz CT molecular complexity index is 992. The second-order valence-electron chi connectivity index (χ2n) is 6.00. The molecule has 27 heavy (non-hydrogen) atoms. The third-order valence-corrected chi connectivity index (χ3v) is 5.14. The molecule has 1 heterocycles. The van der Waals surface area contributed by atoms with E-state index in [0.717, 1.165) is 0 Å². The summed E-state index contributed by atoms with van der Waals surface area (Å²) in [5.41, 5.74) is 0.438. The molecule has 1 aliphatic rings. The van der Waals surface area contributed by atoms with Crippen molar-refractivity contribution in [2.45, 2.75) is 17.9 Å². The molecule has 142 valence electrons. The fraction of sp³-hybridized carbons (Fsp3) is 0.222. The normalized spacial score (nSPS) is 17.0. The number of amidine groups is 1. The lowest BCUT2D eigenvalue weighted by Crippen LogP contribution is -2.38. The van der Waals surface area contributed by atoms with E-state index >= 15 is 0 Å². The minimum atomic E-state index is -3.63. The Labute approximate surface area is 156 Å². The summed E-state index contributed by atoms with van der Waals surface area (Å²) in [6.07, 6.45) is 0. The Balaban J connectivity index is 1.55. The maximum absolute atomic E-state index is 13.1. The van der Waals surface area contributed by atoms with Crippen LogP contribution in [-0.4, -0.2) is 39.4 Å². The molecule has 7 nitrogen and oxygen atoms in total. The number of fused-ring (bicyclic) bond motifs is 1. The Morgan fingerprint density at radius 1 is 1.26 bits per heavy atom. The summed E-state index contributed by atoms with van der Waals surface area (Å²) in [6, 6.07) is 11.8. The third kappa shape index (κ3) is 4.62. The molecular weight excluding hydrogens is 373 g/mol. The van der Waals surface area contributed by atoms with E-state index < -0.39 is 15.8 Å². The molecule has 2 aromatic rings. The van der Waals surface area contributed by atoms with E-state index in [1.165, 1.54) is 24.3 Å². The zero-order chi connectivity index (χ0) is 19.4. The van der Waals surface area contributed by atoms with Crippen molar-refractivity contribution in [1.82, 2.24) is 10.0 Å². The standard InChI is InChI=1S/C18H18FN3O4S/c1-12(11-26-14-6-4-5-13(19)9-14)21-17(23)10-20-18-15-7-2-3-8-16(15)27(24,25)22-18/h2-9,12H,10-11H2,1H3,(H,20,22)(H,21,23)/t12-/m0/s1. The van der Waals surface area contributed by atoms with Gasteiger partial charge in [-0.3, -0.25) is 14.5 Å². The number of amides is 1. The van der Waals surface area contributed by atoms with Gasteiger partial charge in [-0.05, 0) is 31.2 Å². The van der Waals surface area contributed by atoms with Crippen molar-refractivity contribution in [3.63, 3.8) is 0 Å². The molecule has 0 saturated carbocycles. The van der Waals surface area contributed by atoms with Gasteiger partial charge in [-0.15, -0.1) is 0 Å². The Morgan fingerprint density at radius 3 is 2.81 bits per heavy atom. The number of hydrogen-bond donors (Lipinski definition) is 2. The maximum Gasteiger partial charge on any atom is 0.263 e. The molecule has 9 heteroatoms. The molecule has 1 amide bonds. The SMILES string of the molecule is C[C@@H](COc1cccc(F)c1)NC(=O)CN=C1NS(=O)(=O)c2ccccc21. The quantitative estimate of drug-likeness (QED) is 0.779. The predicted octanol–water partition coefficient (Wildman–Crippen LogP) is 1.45. The number of carbonyl (C=O) groups excluding carboxylic acids is 1. The zero-order valence-electron chi connectivity index (χ0n) is 14.5. The van der Waals surface area contributed by atoms with Crippen LogP contribution in [0.5, 0.6) is 5.75 Å². The van der Waals surface area contributed by atoms with Crippen LogP contribution in [0.15, 0.2) is 58.4 Å². The number of benzene rings is 2. The van der Waals surface area contributed by atoms with Crippen LogP contribution in [0.3, 0.4) is 0 Å². The van der Waals surface area contributed by atoms with E-state index in [2.05, 4.69) is 15.0 Å². The molecule has 2 N–H and O–H groups in total. The van der Waals surface area contributed by atoms with E-state index in [9.17, 15) is 17.6 Å². The van der Waals surface area contributed by atoms with Crippen molar-refractivity contribution < 1.29 is 22.3 Å². The van der Waals surface area contributed by atoms with Crippen LogP contribution in [-0.2, 0) is 14.8 Å². The lowest BCUT2D eigenvalue weighted by atomic mass is 10.2. The first kappa shape index (κ1) is 18.8. The number of ether oxygens (including phenoxy) is 1. The van der Waals surface area contributed by atoms with E-state index in [1.807, 2.05) is 0 Å². The van der Waals surface area contributed by atoms with Crippen molar-refractivity contribution in [3.8, 4) is 5.75 Å². The third-order valence-electron chi connectivity index (χ3n) is 3.75. The number of carbonyl (C=O) groups is 1. The zero-order valence-corrected chi connectivity index (χ0v) is 15.3. The molecule has 1 aliphatic heterocycles. The highest BCUT2D eigenvalue weighted by Gasteiger charge is 2.30. The Kier molecular flexibility index (Phi) is 5.41. The topological polar surface area (TPSA) is 96.9 Å². The van der Waals surface area contributed by atoms with Crippen LogP contribution in [0.4, 0.5) is 4.39 Å². The molecule has 0 spiro atoms. The Hall–Kier alpha value is -2.94. The lowest BCUT2D eigenvalue weighted by Gasteiger charge is -2.14. The fourth-order valence-corrected chi connectivity index (χ4v) is 3.79. The van der Waals surface area contributed by atoms with Gasteiger partial charge < -0.3 is 10.1 Å². The summed E-state index contributed by atoms with van der Waals surface area (Å²) in [7, 11) is -3.63. The van der Waals surface area contributed by atoms with E-state index in [-0.39, 0.29) is 35.8 Å². The van der Waals surface area contributed by atoms with Gasteiger partial charge in [-0.1, -0.05) is 18.2 Å². The van der Waals surface area contributed by atoms with E-state index in [1.54, 1.807) is 31.2 Å². The van der Waals surface area contributed by atoms with E-state index in [0.29, 0.717) is 11.3 Å². The number of nitrogens with zero attached hydrogens (tertiary/aromatic N) is 1. The first-order chi connectivity index (χ1) is 12.8. The molecule has 2 aromatic carbocycles. The van der Waals surface area contributed by atoms with Crippen LogP contribution < -0.4 is 14.8 Å². The summed E-state index contributed by atoms with van der Waals surface area (Å²) < 4.78 is 44.8. The second kappa shape index (κ2) is 7.75. The summed E-state index contributed by atoms with van der Waals surface area (Å²) in [4.78, 5) is 16.2. The number of halogens is 1. The molecule has 0 aromatic heterocycles. The monoisotopic (exact) mass is 391 g/mol. The largest absolute Gasteiger partial charge is 0.491 e. The van der Waals surface area contributed by atoms with Gasteiger partial charge in [0.05, 0.1) is 10.9 Å². The number of aliphatic imine (C=N–C) groups is 1. The highest BCUT2D eigenvalue weighted by molar-refractivity contribution is 7.90. The average Bonchev–Trinajstić information content (AvgIpc) is 2.89. The molecule has 1 atom stereocenters. The minimum Gasteiger partial charge on any atom is -0.491 e. The summed E-state index contributed by atoms with van der Waals surface area (Å²) in [5, 5.41) is 2.69. The number of rotatable bonds is 6. The van der Waals surface area contributed by atoms with Gasteiger partial charge in [0.15, 0.2) is 0 Å². The molecule has 3 rings (SSSR count). The van der Waals surface area contributed by atoms with Gasteiger partial charge in [-0.25, -0.2) is 12.8 Å². The van der Waals surface area contributed by atoms with Crippen molar-refractivity contribution in [3.05, 3.63) is 59.9 Å². The van der Waals surface area contributed by atoms with Crippen LogP contribution in [0.1, 0.15) is 12.5 Å². The molecule has 0 radical (unpaired) electrons. The van der Waals surface area contributed by atoms with Gasteiger partial charge in [0.25, 0.3) is 10.0 Å². The summed E-state index contributed by atoms with van der Waals surface area (Å²) in [5.74, 6) is -0.279. The number of nitrogens with one attached hydrogen (secondary N) is 2. The summed E-state index contributed by atoms with van der Waals surface area (Å²) >= 11 is 0. The van der Waals surface area contributed by atoms with Crippen molar-refractivity contribution in [2.75, 3.05) is 13.2 Å². The van der Waals surface area contributed by atoms with Crippen LogP contribution in [0, 0.1) is 5.82 Å². The number of sulfonamides is 1. The first-order valence-corrected chi connectivity index (χ1v) is 9.68. The molecule has 0 bridgehead atoms. The van der Waals surface area contributed by atoms with Crippen LogP contribution in [0.2, 0.25) is 0 Å². The smallest absolute Gasteiger partial charge is 0.263 e. The average molecular weight is 391 g/mol. The lowest BCUT2D eigenvalue weighted by molar-refractivity contribution is -0.120. The van der Waals surface area contributed by atoms with Crippen molar-refractivity contribution in [1.29, 1.82) is 0 Å². The first-order valence-electron chi connectivity index (χ1n) is 8.19. The molecule has 0 fully saturated rings. The predicted molar refractivity (Wildman–Crippen MR) is 97.7 cm³/mol. The van der Waals surface area contributed by atoms with Gasteiger partial charge >= 0.3 is 0 Å². The summed E-state index contributed by atoms with van der Waals surface area (Å²) in [6.45, 7) is 1.65. The van der Waals surface area contributed by atoms with Gasteiger partial charge in [0, 0.05) is 11.6 Å². The fourth-order valence-electron chi connectivity index (χ4n) is 2.54. The van der Waals surface area contributed by atoms with Gasteiger partial charge in [0.2, 0.25) is 5.91 Å². The van der Waals surface area contributed by atoms with Crippen LogP contribution in [0.25, 0.3) is 0 Å². The molecular formula is C18H18FN3O4S. The molecule has 0 unspecified atom stereocenters. The molecule has 0 saturated heterocycles. The minimum absolute atomic E-state index is 0.140. The van der Waals surface area contributed by atoms with Gasteiger partial charge in [0.1, 0.15) is 30.6 Å². The Morgan fingerprint density at radius 2 is 2.04 bits per heavy atom. The highest BCUT2D eigenvalue weighted by Crippen LogP contribution is 2.22.